The zero-order chi connectivity index (χ0) is 12.8. The van der Waals surface area contributed by atoms with Crippen molar-refractivity contribution >= 4 is 0 Å². The Bertz CT molecular complexity index is 347. The molecule has 1 aromatic carbocycles. The Morgan fingerprint density at radius 3 is 2.53 bits per heavy atom. The molecule has 0 heterocycles. The van der Waals surface area contributed by atoms with E-state index in [4.69, 9.17) is 4.74 Å². The number of hydrogen-bond donors (Lipinski definition) is 1. The van der Waals surface area contributed by atoms with E-state index in [0.717, 1.165) is 12.2 Å². The Hall–Kier alpha value is -1.02. The summed E-state index contributed by atoms with van der Waals surface area (Å²) in [5, 5.41) is 3.40. The molecular formula is C15H25NO. The molecule has 96 valence electrons. The fourth-order valence-corrected chi connectivity index (χ4v) is 2.20. The highest BCUT2D eigenvalue weighted by Crippen LogP contribution is 2.22. The number of aryl methyl sites for hydroxylation is 1. The summed E-state index contributed by atoms with van der Waals surface area (Å²) in [5.41, 5.74) is 2.59. The van der Waals surface area contributed by atoms with Gasteiger partial charge in [0.25, 0.3) is 0 Å². The Balaban J connectivity index is 2.80. The number of methoxy groups -OCH3 is 1. The van der Waals surface area contributed by atoms with Crippen molar-refractivity contribution < 1.29 is 4.74 Å². The SMILES string of the molecule is CNC(Cc1cc(C)ccc1OC)CC(C)C. The maximum atomic E-state index is 5.42. The molecule has 0 saturated carbocycles. The monoisotopic (exact) mass is 235 g/mol. The summed E-state index contributed by atoms with van der Waals surface area (Å²) in [7, 11) is 3.78. The van der Waals surface area contributed by atoms with Gasteiger partial charge in [-0.15, -0.1) is 0 Å². The molecule has 17 heavy (non-hydrogen) atoms. The van der Waals surface area contributed by atoms with Gasteiger partial charge in [0.1, 0.15) is 5.75 Å². The van der Waals surface area contributed by atoms with Crippen molar-refractivity contribution in [1.29, 1.82) is 0 Å². The molecule has 1 atom stereocenters. The van der Waals surface area contributed by atoms with Gasteiger partial charge in [-0.25, -0.2) is 0 Å². The lowest BCUT2D eigenvalue weighted by atomic mass is 9.96. The number of hydrogen-bond acceptors (Lipinski definition) is 2. The van der Waals surface area contributed by atoms with E-state index in [1.165, 1.54) is 17.5 Å². The first-order chi connectivity index (χ1) is 8.06. The second kappa shape index (κ2) is 6.65. The molecule has 0 radical (unpaired) electrons. The van der Waals surface area contributed by atoms with Crippen LogP contribution >= 0.6 is 0 Å². The number of nitrogens with one attached hydrogen (secondary N) is 1. The van der Waals surface area contributed by atoms with Gasteiger partial charge in [0, 0.05) is 6.04 Å². The molecule has 2 nitrogen and oxygen atoms in total. The lowest BCUT2D eigenvalue weighted by Crippen LogP contribution is -2.29. The van der Waals surface area contributed by atoms with E-state index < -0.39 is 0 Å². The largest absolute Gasteiger partial charge is 0.496 e. The van der Waals surface area contributed by atoms with Crippen LogP contribution in [0.5, 0.6) is 5.75 Å². The van der Waals surface area contributed by atoms with Crippen molar-refractivity contribution in [3.05, 3.63) is 29.3 Å². The Kier molecular flexibility index (Phi) is 5.49. The van der Waals surface area contributed by atoms with Gasteiger partial charge in [0.2, 0.25) is 0 Å². The zero-order valence-electron chi connectivity index (χ0n) is 11.7. The van der Waals surface area contributed by atoms with Gasteiger partial charge in [0.15, 0.2) is 0 Å². The standard InChI is InChI=1S/C15H25NO/c1-11(2)8-14(16-4)10-13-9-12(3)6-7-15(13)17-5/h6-7,9,11,14,16H,8,10H2,1-5H3. The summed E-state index contributed by atoms with van der Waals surface area (Å²) in [5.74, 6) is 1.71. The number of benzene rings is 1. The predicted octanol–water partition coefficient (Wildman–Crippen LogP) is 3.18. The molecule has 0 saturated heterocycles. The minimum atomic E-state index is 0.519. The molecule has 1 unspecified atom stereocenters. The molecule has 0 aromatic heterocycles. The first-order valence-electron chi connectivity index (χ1n) is 6.37. The Morgan fingerprint density at radius 2 is 2.00 bits per heavy atom. The van der Waals surface area contributed by atoms with E-state index in [1.807, 2.05) is 7.05 Å². The van der Waals surface area contributed by atoms with Crippen molar-refractivity contribution in [2.24, 2.45) is 5.92 Å². The van der Waals surface area contributed by atoms with Crippen LogP contribution in [-0.2, 0) is 6.42 Å². The normalized spacial score (nSPS) is 12.8. The molecule has 0 aliphatic rings. The summed E-state index contributed by atoms with van der Waals surface area (Å²) in [6.45, 7) is 6.65. The highest BCUT2D eigenvalue weighted by molar-refractivity contribution is 5.37. The highest BCUT2D eigenvalue weighted by atomic mass is 16.5. The average Bonchev–Trinajstić information content (AvgIpc) is 2.28. The average molecular weight is 235 g/mol. The number of rotatable bonds is 6. The van der Waals surface area contributed by atoms with Gasteiger partial charge in [-0.2, -0.15) is 0 Å². The molecule has 1 rings (SSSR count). The van der Waals surface area contributed by atoms with E-state index >= 15 is 0 Å². The van der Waals surface area contributed by atoms with E-state index in [2.05, 4.69) is 44.3 Å². The van der Waals surface area contributed by atoms with E-state index in [9.17, 15) is 0 Å². The van der Waals surface area contributed by atoms with Gasteiger partial charge in [-0.3, -0.25) is 0 Å². The van der Waals surface area contributed by atoms with Crippen LogP contribution in [0.25, 0.3) is 0 Å². The van der Waals surface area contributed by atoms with Crippen LogP contribution in [0.2, 0.25) is 0 Å². The Labute approximate surface area is 105 Å². The number of ether oxygens (including phenoxy) is 1. The summed E-state index contributed by atoms with van der Waals surface area (Å²) in [4.78, 5) is 0. The number of likely N-dealkylation sites (N-methyl/N-ethyl adjacent to an activating group) is 1. The van der Waals surface area contributed by atoms with Gasteiger partial charge >= 0.3 is 0 Å². The van der Waals surface area contributed by atoms with Crippen LogP contribution < -0.4 is 10.1 Å². The van der Waals surface area contributed by atoms with Crippen LogP contribution in [0.3, 0.4) is 0 Å². The van der Waals surface area contributed by atoms with Crippen LogP contribution in [0.15, 0.2) is 18.2 Å². The van der Waals surface area contributed by atoms with Gasteiger partial charge in [-0.1, -0.05) is 31.5 Å². The lowest BCUT2D eigenvalue weighted by Gasteiger charge is -2.20. The second-order valence-electron chi connectivity index (χ2n) is 5.13. The molecule has 0 aliphatic heterocycles. The smallest absolute Gasteiger partial charge is 0.122 e. The maximum Gasteiger partial charge on any atom is 0.122 e. The molecule has 1 N–H and O–H groups in total. The fourth-order valence-electron chi connectivity index (χ4n) is 2.20. The summed E-state index contributed by atoms with van der Waals surface area (Å²) >= 11 is 0. The molecular weight excluding hydrogens is 210 g/mol. The molecule has 2 heteroatoms. The second-order valence-corrected chi connectivity index (χ2v) is 5.13. The molecule has 0 fully saturated rings. The summed E-state index contributed by atoms with van der Waals surface area (Å²) < 4.78 is 5.42. The first-order valence-corrected chi connectivity index (χ1v) is 6.37. The minimum Gasteiger partial charge on any atom is -0.496 e. The molecule has 0 bridgehead atoms. The maximum absolute atomic E-state index is 5.42. The minimum absolute atomic E-state index is 0.519. The lowest BCUT2D eigenvalue weighted by molar-refractivity contribution is 0.397. The first kappa shape index (κ1) is 14.0. The van der Waals surface area contributed by atoms with Gasteiger partial charge < -0.3 is 10.1 Å². The van der Waals surface area contributed by atoms with Gasteiger partial charge in [-0.05, 0) is 44.4 Å². The molecule has 0 aliphatic carbocycles. The third kappa shape index (κ3) is 4.39. The zero-order valence-corrected chi connectivity index (χ0v) is 11.7. The van der Waals surface area contributed by atoms with Gasteiger partial charge in [0.05, 0.1) is 7.11 Å². The van der Waals surface area contributed by atoms with Crippen molar-refractivity contribution in [1.82, 2.24) is 5.32 Å². The van der Waals surface area contributed by atoms with Crippen LogP contribution in [0, 0.1) is 12.8 Å². The van der Waals surface area contributed by atoms with E-state index in [-0.39, 0.29) is 0 Å². The third-order valence-corrected chi connectivity index (χ3v) is 3.07. The predicted molar refractivity (Wildman–Crippen MR) is 73.7 cm³/mol. The van der Waals surface area contributed by atoms with Crippen LogP contribution in [-0.4, -0.2) is 20.2 Å². The summed E-state index contributed by atoms with van der Waals surface area (Å²) in [6, 6.07) is 6.90. The molecule has 1 aromatic rings. The van der Waals surface area contributed by atoms with Crippen LogP contribution in [0.4, 0.5) is 0 Å². The Morgan fingerprint density at radius 1 is 1.29 bits per heavy atom. The van der Waals surface area contributed by atoms with Crippen LogP contribution in [0.1, 0.15) is 31.4 Å². The highest BCUT2D eigenvalue weighted by Gasteiger charge is 2.12. The van der Waals surface area contributed by atoms with Crippen molar-refractivity contribution in [3.63, 3.8) is 0 Å². The van der Waals surface area contributed by atoms with Crippen molar-refractivity contribution in [2.75, 3.05) is 14.2 Å². The quantitative estimate of drug-likeness (QED) is 0.817. The van der Waals surface area contributed by atoms with E-state index in [1.54, 1.807) is 7.11 Å². The summed E-state index contributed by atoms with van der Waals surface area (Å²) in [6.07, 6.45) is 2.22. The van der Waals surface area contributed by atoms with Crippen molar-refractivity contribution in [3.8, 4) is 5.75 Å². The van der Waals surface area contributed by atoms with Crippen molar-refractivity contribution in [2.45, 2.75) is 39.7 Å². The molecule has 0 amide bonds. The third-order valence-electron chi connectivity index (χ3n) is 3.07. The topological polar surface area (TPSA) is 21.3 Å². The fraction of sp³-hybridized carbons (Fsp3) is 0.600. The molecule has 0 spiro atoms. The van der Waals surface area contributed by atoms with E-state index in [0.29, 0.717) is 12.0 Å².